The van der Waals surface area contributed by atoms with Crippen molar-refractivity contribution in [3.63, 3.8) is 0 Å². The van der Waals surface area contributed by atoms with Crippen LogP contribution in [0.2, 0.25) is 0 Å². The lowest BCUT2D eigenvalue weighted by molar-refractivity contribution is -0.120. The lowest BCUT2D eigenvalue weighted by atomic mass is 9.80. The molecule has 0 unspecified atom stereocenters. The van der Waals surface area contributed by atoms with Crippen molar-refractivity contribution >= 4 is 5.91 Å². The van der Waals surface area contributed by atoms with Crippen molar-refractivity contribution in [3.05, 3.63) is 35.9 Å². The van der Waals surface area contributed by atoms with Gasteiger partial charge in [0.05, 0.1) is 12.1 Å². The van der Waals surface area contributed by atoms with E-state index in [0.717, 1.165) is 24.8 Å². The molecule has 1 aliphatic rings. The number of nitrogens with one attached hydrogen (secondary N) is 2. The van der Waals surface area contributed by atoms with Gasteiger partial charge in [-0.3, -0.25) is 4.79 Å². The molecule has 1 fully saturated rings. The van der Waals surface area contributed by atoms with E-state index in [1.807, 2.05) is 30.3 Å². The lowest BCUT2D eigenvalue weighted by Gasteiger charge is -2.36. The third kappa shape index (κ3) is 3.82. The predicted molar refractivity (Wildman–Crippen MR) is 70.0 cm³/mol. The Bertz CT molecular complexity index is 388. The van der Waals surface area contributed by atoms with E-state index in [1.165, 1.54) is 0 Å². The smallest absolute Gasteiger partial charge is 0.234 e. The zero-order chi connectivity index (χ0) is 12.8. The van der Waals surface area contributed by atoms with E-state index >= 15 is 0 Å². The average Bonchev–Trinajstić information content (AvgIpc) is 2.35. The molecule has 0 bridgehead atoms. The van der Waals surface area contributed by atoms with Gasteiger partial charge in [-0.25, -0.2) is 0 Å². The molecule has 98 valence electrons. The fourth-order valence-corrected chi connectivity index (χ4v) is 2.03. The minimum Gasteiger partial charge on any atom is -0.389 e. The van der Waals surface area contributed by atoms with Gasteiger partial charge in [0.15, 0.2) is 0 Å². The zero-order valence-corrected chi connectivity index (χ0v) is 10.5. The van der Waals surface area contributed by atoms with Crippen molar-refractivity contribution in [2.75, 3.05) is 13.1 Å². The summed E-state index contributed by atoms with van der Waals surface area (Å²) in [4.78, 5) is 11.6. The van der Waals surface area contributed by atoms with Crippen molar-refractivity contribution < 1.29 is 9.90 Å². The molecule has 0 radical (unpaired) electrons. The number of hydrogen-bond donors (Lipinski definition) is 3. The minimum atomic E-state index is -0.570. The van der Waals surface area contributed by atoms with Gasteiger partial charge >= 0.3 is 0 Å². The summed E-state index contributed by atoms with van der Waals surface area (Å²) in [7, 11) is 0. The van der Waals surface area contributed by atoms with Gasteiger partial charge in [0.1, 0.15) is 0 Å². The molecular formula is C14H20N2O2. The minimum absolute atomic E-state index is 0.0400. The molecule has 0 atom stereocenters. The van der Waals surface area contributed by atoms with Crippen molar-refractivity contribution in [1.29, 1.82) is 0 Å². The molecule has 0 aliphatic heterocycles. The lowest BCUT2D eigenvalue weighted by Crippen LogP contribution is -2.48. The Kier molecular flexibility index (Phi) is 4.33. The monoisotopic (exact) mass is 248 g/mol. The molecule has 2 rings (SSSR count). The topological polar surface area (TPSA) is 61.4 Å². The highest BCUT2D eigenvalue weighted by Crippen LogP contribution is 2.30. The number of benzene rings is 1. The van der Waals surface area contributed by atoms with E-state index in [1.54, 1.807) is 0 Å². The molecular weight excluding hydrogens is 228 g/mol. The maximum Gasteiger partial charge on any atom is 0.234 e. The van der Waals surface area contributed by atoms with E-state index in [9.17, 15) is 9.90 Å². The molecule has 1 aromatic carbocycles. The van der Waals surface area contributed by atoms with Crippen LogP contribution in [-0.2, 0) is 11.3 Å². The Morgan fingerprint density at radius 2 is 2.00 bits per heavy atom. The van der Waals surface area contributed by atoms with Crippen LogP contribution in [0.25, 0.3) is 0 Å². The highest BCUT2D eigenvalue weighted by atomic mass is 16.3. The highest BCUT2D eigenvalue weighted by molar-refractivity contribution is 5.77. The Morgan fingerprint density at radius 1 is 1.28 bits per heavy atom. The number of hydrogen-bond acceptors (Lipinski definition) is 3. The van der Waals surface area contributed by atoms with Crippen LogP contribution in [0.4, 0.5) is 0 Å². The van der Waals surface area contributed by atoms with Gasteiger partial charge in [-0.2, -0.15) is 0 Å². The number of carbonyl (C=O) groups is 1. The van der Waals surface area contributed by atoms with Crippen LogP contribution in [0, 0.1) is 0 Å². The quantitative estimate of drug-likeness (QED) is 0.698. The molecule has 1 aromatic rings. The normalized spacial score (nSPS) is 16.9. The van der Waals surface area contributed by atoms with Gasteiger partial charge in [0.2, 0.25) is 5.91 Å². The average molecular weight is 248 g/mol. The molecule has 0 heterocycles. The first-order chi connectivity index (χ1) is 8.68. The van der Waals surface area contributed by atoms with E-state index in [2.05, 4.69) is 10.6 Å². The SMILES string of the molecule is O=C(CNCC1(O)CCC1)NCc1ccccc1. The third-order valence-corrected chi connectivity index (χ3v) is 3.36. The van der Waals surface area contributed by atoms with Crippen LogP contribution < -0.4 is 10.6 Å². The summed E-state index contributed by atoms with van der Waals surface area (Å²) >= 11 is 0. The summed E-state index contributed by atoms with van der Waals surface area (Å²) in [6.07, 6.45) is 2.76. The Hall–Kier alpha value is -1.39. The van der Waals surface area contributed by atoms with E-state index in [-0.39, 0.29) is 12.5 Å². The third-order valence-electron chi connectivity index (χ3n) is 3.36. The van der Waals surface area contributed by atoms with Gasteiger partial charge in [-0.05, 0) is 24.8 Å². The van der Waals surface area contributed by atoms with Crippen molar-refractivity contribution in [3.8, 4) is 0 Å². The van der Waals surface area contributed by atoms with Gasteiger partial charge in [-0.1, -0.05) is 30.3 Å². The van der Waals surface area contributed by atoms with Crippen LogP contribution >= 0.6 is 0 Å². The molecule has 0 spiro atoms. The molecule has 3 N–H and O–H groups in total. The summed E-state index contributed by atoms with van der Waals surface area (Å²) in [5.41, 5.74) is 0.517. The van der Waals surface area contributed by atoms with Gasteiger partial charge in [0, 0.05) is 13.1 Å². The van der Waals surface area contributed by atoms with E-state index in [4.69, 9.17) is 0 Å². The van der Waals surface area contributed by atoms with E-state index in [0.29, 0.717) is 13.1 Å². The number of carbonyl (C=O) groups excluding carboxylic acids is 1. The second-order valence-electron chi connectivity index (χ2n) is 4.94. The summed E-state index contributed by atoms with van der Waals surface area (Å²) in [6.45, 7) is 1.31. The molecule has 1 saturated carbocycles. The molecule has 0 aromatic heterocycles. The van der Waals surface area contributed by atoms with Gasteiger partial charge < -0.3 is 15.7 Å². The molecule has 4 heteroatoms. The number of rotatable bonds is 6. The van der Waals surface area contributed by atoms with Crippen LogP contribution in [0.1, 0.15) is 24.8 Å². The zero-order valence-electron chi connectivity index (χ0n) is 10.5. The second kappa shape index (κ2) is 5.98. The molecule has 0 saturated heterocycles. The van der Waals surface area contributed by atoms with Crippen molar-refractivity contribution in [1.82, 2.24) is 10.6 Å². The maximum atomic E-state index is 11.6. The van der Waals surface area contributed by atoms with Crippen LogP contribution in [-0.4, -0.2) is 29.7 Å². The first kappa shape index (κ1) is 13.1. The summed E-state index contributed by atoms with van der Waals surface area (Å²) in [5, 5.41) is 15.7. The highest BCUT2D eigenvalue weighted by Gasteiger charge is 2.33. The molecule has 1 aliphatic carbocycles. The fraction of sp³-hybridized carbons (Fsp3) is 0.500. The molecule has 18 heavy (non-hydrogen) atoms. The summed E-state index contributed by atoms with van der Waals surface area (Å²) in [6, 6.07) is 9.81. The first-order valence-corrected chi connectivity index (χ1v) is 6.42. The summed E-state index contributed by atoms with van der Waals surface area (Å²) < 4.78 is 0. The molecule has 1 amide bonds. The number of aliphatic hydroxyl groups is 1. The predicted octanol–water partition coefficient (Wildman–Crippen LogP) is 0.807. The van der Waals surface area contributed by atoms with E-state index < -0.39 is 5.60 Å². The van der Waals surface area contributed by atoms with Crippen LogP contribution in [0.3, 0.4) is 0 Å². The maximum absolute atomic E-state index is 11.6. The molecule has 4 nitrogen and oxygen atoms in total. The Labute approximate surface area is 107 Å². The Morgan fingerprint density at radius 3 is 2.61 bits per heavy atom. The van der Waals surface area contributed by atoms with Gasteiger partial charge in [-0.15, -0.1) is 0 Å². The number of amides is 1. The fourth-order valence-electron chi connectivity index (χ4n) is 2.03. The van der Waals surface area contributed by atoms with Crippen molar-refractivity contribution in [2.45, 2.75) is 31.4 Å². The van der Waals surface area contributed by atoms with Crippen LogP contribution in [0.15, 0.2) is 30.3 Å². The summed E-state index contributed by atoms with van der Waals surface area (Å²) in [5.74, 6) is -0.0400. The van der Waals surface area contributed by atoms with Gasteiger partial charge in [0.25, 0.3) is 0 Å². The van der Waals surface area contributed by atoms with Crippen LogP contribution in [0.5, 0.6) is 0 Å². The van der Waals surface area contributed by atoms with Crippen molar-refractivity contribution in [2.24, 2.45) is 0 Å². The largest absolute Gasteiger partial charge is 0.389 e. The first-order valence-electron chi connectivity index (χ1n) is 6.42. The Balaban J connectivity index is 1.60. The standard InChI is InChI=1S/C14H20N2O2/c17-13(10-15-11-14(18)7-4-8-14)16-9-12-5-2-1-3-6-12/h1-3,5-6,15,18H,4,7-11H2,(H,16,17). The second-order valence-corrected chi connectivity index (χ2v) is 4.94.